The number of hydrogen-bond acceptors (Lipinski definition) is 1. The van der Waals surface area contributed by atoms with Gasteiger partial charge in [-0.1, -0.05) is 12.8 Å². The van der Waals surface area contributed by atoms with Crippen molar-refractivity contribution in [3.05, 3.63) is 18.0 Å². The molecule has 0 bridgehead atoms. The molecule has 1 heterocycles. The fourth-order valence-electron chi connectivity index (χ4n) is 0.789. The van der Waals surface area contributed by atoms with Crippen LogP contribution in [0.3, 0.4) is 0 Å². The van der Waals surface area contributed by atoms with Crippen molar-refractivity contribution in [2.24, 2.45) is 0 Å². The molecule has 0 saturated carbocycles. The zero-order valence-electron chi connectivity index (χ0n) is 6.04. The van der Waals surface area contributed by atoms with Gasteiger partial charge in [0.05, 0.1) is 11.8 Å². The zero-order chi connectivity index (χ0) is 7.40. The van der Waals surface area contributed by atoms with Crippen LogP contribution < -0.4 is 0 Å². The maximum Gasteiger partial charge on any atom is 0.0646 e. The van der Waals surface area contributed by atoms with Gasteiger partial charge in [-0.25, -0.2) is 0 Å². The number of aryl methyl sites for hydroxylation is 1. The van der Waals surface area contributed by atoms with Gasteiger partial charge >= 0.3 is 0 Å². The Hall–Kier alpha value is -1.23. The Morgan fingerprint density at radius 3 is 3.10 bits per heavy atom. The minimum atomic E-state index is 0.855. The fourth-order valence-corrected chi connectivity index (χ4v) is 0.789. The van der Waals surface area contributed by atoms with Crippen LogP contribution in [0.25, 0.3) is 0 Å². The van der Waals surface area contributed by atoms with E-state index in [-0.39, 0.29) is 0 Å². The van der Waals surface area contributed by atoms with Crippen LogP contribution in [0.1, 0.15) is 18.9 Å². The number of aromatic nitrogens is 2. The van der Waals surface area contributed by atoms with Crippen molar-refractivity contribution in [2.75, 3.05) is 0 Å². The largest absolute Gasteiger partial charge is 0.271 e. The molecule has 0 aliphatic heterocycles. The Kier molecular flexibility index (Phi) is 2.11. The molecule has 0 aliphatic carbocycles. The van der Waals surface area contributed by atoms with E-state index >= 15 is 0 Å². The van der Waals surface area contributed by atoms with Crippen LogP contribution in [0.4, 0.5) is 0 Å². The van der Waals surface area contributed by atoms with E-state index in [1.54, 1.807) is 6.20 Å². The summed E-state index contributed by atoms with van der Waals surface area (Å²) in [5.41, 5.74) is 0.855. The van der Waals surface area contributed by atoms with E-state index in [1.165, 1.54) is 0 Å². The molecule has 2 heteroatoms. The molecule has 1 rings (SSSR count). The standard InChI is InChI=1S/C8H10N2/c1-3-5-10-7-8(4-2)6-9-10/h2,6-7H,3,5H2,1H3. The third-order valence-corrected chi connectivity index (χ3v) is 1.25. The summed E-state index contributed by atoms with van der Waals surface area (Å²) < 4.78 is 1.86. The first-order valence-electron chi connectivity index (χ1n) is 3.36. The number of rotatable bonds is 2. The fraction of sp³-hybridized carbons (Fsp3) is 0.375. The summed E-state index contributed by atoms with van der Waals surface area (Å²) in [4.78, 5) is 0. The average molecular weight is 134 g/mol. The van der Waals surface area contributed by atoms with E-state index in [0.29, 0.717) is 0 Å². The summed E-state index contributed by atoms with van der Waals surface area (Å²) in [6.45, 7) is 3.05. The molecule has 0 aliphatic rings. The summed E-state index contributed by atoms with van der Waals surface area (Å²) in [5, 5.41) is 4.05. The van der Waals surface area contributed by atoms with Gasteiger partial charge in [0.2, 0.25) is 0 Å². The molecule has 1 aromatic rings. The highest BCUT2D eigenvalue weighted by Crippen LogP contribution is 1.95. The Morgan fingerprint density at radius 1 is 1.80 bits per heavy atom. The van der Waals surface area contributed by atoms with E-state index in [1.807, 2.05) is 10.9 Å². The molecule has 0 radical (unpaired) electrons. The molecule has 0 fully saturated rings. The van der Waals surface area contributed by atoms with Gasteiger partial charge in [-0.15, -0.1) is 6.42 Å². The summed E-state index contributed by atoms with van der Waals surface area (Å²) >= 11 is 0. The summed E-state index contributed by atoms with van der Waals surface area (Å²) in [7, 11) is 0. The quantitative estimate of drug-likeness (QED) is 0.557. The van der Waals surface area contributed by atoms with E-state index in [0.717, 1.165) is 18.5 Å². The van der Waals surface area contributed by atoms with Crippen LogP contribution in [0.15, 0.2) is 12.4 Å². The van der Waals surface area contributed by atoms with Crippen molar-refractivity contribution in [2.45, 2.75) is 19.9 Å². The highest BCUT2D eigenvalue weighted by molar-refractivity contribution is 5.25. The van der Waals surface area contributed by atoms with E-state index in [9.17, 15) is 0 Å². The molecule has 10 heavy (non-hydrogen) atoms. The molecule has 0 atom stereocenters. The Morgan fingerprint density at radius 2 is 2.60 bits per heavy atom. The van der Waals surface area contributed by atoms with Crippen LogP contribution in [-0.4, -0.2) is 9.78 Å². The Balaban J connectivity index is 2.71. The number of terminal acetylenes is 1. The molecule has 0 spiro atoms. The van der Waals surface area contributed by atoms with E-state index < -0.39 is 0 Å². The second-order valence-corrected chi connectivity index (χ2v) is 2.14. The van der Waals surface area contributed by atoms with Crippen LogP contribution in [-0.2, 0) is 6.54 Å². The van der Waals surface area contributed by atoms with Crippen LogP contribution in [0.2, 0.25) is 0 Å². The predicted molar refractivity (Wildman–Crippen MR) is 40.5 cm³/mol. The molecule has 0 N–H and O–H groups in total. The maximum absolute atomic E-state index is 5.16. The first kappa shape index (κ1) is 6.88. The molecule has 0 aromatic carbocycles. The molecular weight excluding hydrogens is 124 g/mol. The molecule has 0 amide bonds. The van der Waals surface area contributed by atoms with E-state index in [2.05, 4.69) is 17.9 Å². The summed E-state index contributed by atoms with van der Waals surface area (Å²) in [5.74, 6) is 2.52. The summed E-state index contributed by atoms with van der Waals surface area (Å²) in [6.07, 6.45) is 9.83. The first-order valence-corrected chi connectivity index (χ1v) is 3.36. The van der Waals surface area contributed by atoms with Crippen molar-refractivity contribution >= 4 is 0 Å². The summed E-state index contributed by atoms with van der Waals surface area (Å²) in [6, 6.07) is 0. The van der Waals surface area contributed by atoms with Gasteiger partial charge in [0.25, 0.3) is 0 Å². The van der Waals surface area contributed by atoms with Gasteiger partial charge in [-0.3, -0.25) is 4.68 Å². The van der Waals surface area contributed by atoms with Crippen molar-refractivity contribution in [3.63, 3.8) is 0 Å². The third kappa shape index (κ3) is 1.38. The van der Waals surface area contributed by atoms with Crippen molar-refractivity contribution in [1.29, 1.82) is 0 Å². The number of nitrogens with zero attached hydrogens (tertiary/aromatic N) is 2. The molecule has 1 aromatic heterocycles. The second kappa shape index (κ2) is 3.07. The highest BCUT2D eigenvalue weighted by atomic mass is 15.3. The zero-order valence-corrected chi connectivity index (χ0v) is 6.04. The molecule has 0 unspecified atom stereocenters. The Bertz CT molecular complexity index is 242. The molecular formula is C8H10N2. The lowest BCUT2D eigenvalue weighted by molar-refractivity contribution is 0.602. The topological polar surface area (TPSA) is 17.8 Å². The van der Waals surface area contributed by atoms with Gasteiger partial charge in [-0.2, -0.15) is 5.10 Å². The lowest BCUT2D eigenvalue weighted by Crippen LogP contribution is -1.95. The lowest BCUT2D eigenvalue weighted by Gasteiger charge is -1.93. The van der Waals surface area contributed by atoms with Gasteiger partial charge in [-0.05, 0) is 6.42 Å². The van der Waals surface area contributed by atoms with Gasteiger partial charge in [0, 0.05) is 12.7 Å². The lowest BCUT2D eigenvalue weighted by atomic mass is 10.4. The minimum Gasteiger partial charge on any atom is -0.271 e. The van der Waals surface area contributed by atoms with Crippen LogP contribution in [0.5, 0.6) is 0 Å². The molecule has 0 saturated heterocycles. The predicted octanol–water partition coefficient (Wildman–Crippen LogP) is 1.27. The SMILES string of the molecule is C#Cc1cnn(CCC)c1. The number of hydrogen-bond donors (Lipinski definition) is 0. The van der Waals surface area contributed by atoms with Crippen molar-refractivity contribution < 1.29 is 0 Å². The maximum atomic E-state index is 5.16. The van der Waals surface area contributed by atoms with Crippen LogP contribution in [0, 0.1) is 12.3 Å². The first-order chi connectivity index (χ1) is 4.86. The van der Waals surface area contributed by atoms with Gasteiger partial charge < -0.3 is 0 Å². The van der Waals surface area contributed by atoms with Crippen molar-refractivity contribution in [3.8, 4) is 12.3 Å². The van der Waals surface area contributed by atoms with Gasteiger partial charge in [0.1, 0.15) is 0 Å². The van der Waals surface area contributed by atoms with Crippen LogP contribution >= 0.6 is 0 Å². The smallest absolute Gasteiger partial charge is 0.0646 e. The third-order valence-electron chi connectivity index (χ3n) is 1.25. The minimum absolute atomic E-state index is 0.855. The average Bonchev–Trinajstić information content (AvgIpc) is 2.37. The highest BCUT2D eigenvalue weighted by Gasteiger charge is 1.91. The molecule has 2 nitrogen and oxygen atoms in total. The monoisotopic (exact) mass is 134 g/mol. The van der Waals surface area contributed by atoms with E-state index in [4.69, 9.17) is 6.42 Å². The van der Waals surface area contributed by atoms with Gasteiger partial charge in [0.15, 0.2) is 0 Å². The molecule has 52 valence electrons. The second-order valence-electron chi connectivity index (χ2n) is 2.14. The normalized spacial score (nSPS) is 9.20. The van der Waals surface area contributed by atoms with Crippen molar-refractivity contribution in [1.82, 2.24) is 9.78 Å². The Labute approximate surface area is 60.9 Å².